The van der Waals surface area contributed by atoms with Crippen molar-refractivity contribution in [3.05, 3.63) is 71.9 Å². The third kappa shape index (κ3) is 3.16. The van der Waals surface area contributed by atoms with Gasteiger partial charge in [0, 0.05) is 35.6 Å². The highest BCUT2D eigenvalue weighted by Crippen LogP contribution is 2.38. The summed E-state index contributed by atoms with van der Waals surface area (Å²) in [5, 5.41) is 10.5. The molecule has 0 amide bonds. The summed E-state index contributed by atoms with van der Waals surface area (Å²) in [4.78, 5) is 4.74. The van der Waals surface area contributed by atoms with Crippen LogP contribution < -0.4 is 19.5 Å². The summed E-state index contributed by atoms with van der Waals surface area (Å²) >= 11 is 0. The first-order valence-electron chi connectivity index (χ1n) is 11.1. The topological polar surface area (TPSA) is 70.4 Å². The summed E-state index contributed by atoms with van der Waals surface area (Å²) < 4.78 is 18.5. The van der Waals surface area contributed by atoms with E-state index in [1.165, 1.54) is 11.1 Å². The molecule has 0 fully saturated rings. The van der Waals surface area contributed by atoms with E-state index in [-0.39, 0.29) is 0 Å². The van der Waals surface area contributed by atoms with Crippen molar-refractivity contribution in [3.8, 4) is 34.2 Å². The molecule has 0 saturated carbocycles. The fourth-order valence-corrected chi connectivity index (χ4v) is 4.69. The van der Waals surface area contributed by atoms with Gasteiger partial charge in [0.1, 0.15) is 11.4 Å². The maximum atomic E-state index is 5.55. The van der Waals surface area contributed by atoms with Crippen LogP contribution in [0.1, 0.15) is 11.1 Å². The quantitative estimate of drug-likeness (QED) is 0.410. The molecule has 0 unspecified atom stereocenters. The molecule has 0 bridgehead atoms. The van der Waals surface area contributed by atoms with E-state index in [0.29, 0.717) is 11.5 Å². The van der Waals surface area contributed by atoms with Gasteiger partial charge in [-0.1, -0.05) is 6.07 Å². The molecule has 1 N–H and O–H groups in total. The van der Waals surface area contributed by atoms with Gasteiger partial charge in [0.25, 0.3) is 0 Å². The van der Waals surface area contributed by atoms with Gasteiger partial charge < -0.3 is 19.5 Å². The molecule has 5 aromatic rings. The first-order valence-corrected chi connectivity index (χ1v) is 11.1. The molecule has 170 valence electrons. The normalized spacial score (nSPS) is 12.8. The Labute approximate surface area is 196 Å². The lowest BCUT2D eigenvalue weighted by Crippen LogP contribution is -2.00. The maximum Gasteiger partial charge on any atom is 0.161 e. The first-order chi connectivity index (χ1) is 16.7. The van der Waals surface area contributed by atoms with Crippen LogP contribution in [0.4, 0.5) is 0 Å². The van der Waals surface area contributed by atoms with Crippen molar-refractivity contribution < 1.29 is 14.2 Å². The van der Waals surface area contributed by atoms with E-state index >= 15 is 0 Å². The highest BCUT2D eigenvalue weighted by molar-refractivity contribution is 6.09. The monoisotopic (exact) mass is 452 g/mol. The number of pyridine rings is 1. The standard InChI is InChI=1S/C27H24N4O3/c1-32-20-7-8-23-21(12-20)27-22(15-29-23)26(16-5-9-24(33-2)25(11-16)34-3)30-31(27)19-6-4-17-13-28-14-18(17)10-19/h4-12,15,28H,13-14H2,1-3H3. The van der Waals surface area contributed by atoms with Crippen molar-refractivity contribution >= 4 is 21.8 Å². The van der Waals surface area contributed by atoms with Gasteiger partial charge in [-0.2, -0.15) is 5.10 Å². The maximum absolute atomic E-state index is 5.55. The molecule has 2 aromatic heterocycles. The zero-order chi connectivity index (χ0) is 23.2. The number of benzene rings is 3. The average Bonchev–Trinajstić information content (AvgIpc) is 3.52. The van der Waals surface area contributed by atoms with E-state index in [1.807, 2.05) is 47.3 Å². The second kappa shape index (κ2) is 8.04. The molecule has 1 aliphatic heterocycles. The minimum Gasteiger partial charge on any atom is -0.497 e. The number of nitrogens with one attached hydrogen (secondary N) is 1. The number of aromatic nitrogens is 3. The van der Waals surface area contributed by atoms with E-state index < -0.39 is 0 Å². The fourth-order valence-electron chi connectivity index (χ4n) is 4.69. The van der Waals surface area contributed by atoms with E-state index in [1.54, 1.807) is 21.3 Å². The molecule has 3 aromatic carbocycles. The van der Waals surface area contributed by atoms with Gasteiger partial charge in [-0.3, -0.25) is 4.98 Å². The van der Waals surface area contributed by atoms with Crippen molar-refractivity contribution in [1.82, 2.24) is 20.1 Å². The summed E-state index contributed by atoms with van der Waals surface area (Å²) in [6.45, 7) is 1.76. The molecule has 0 spiro atoms. The van der Waals surface area contributed by atoms with E-state index in [2.05, 4.69) is 23.5 Å². The minimum absolute atomic E-state index is 0.654. The van der Waals surface area contributed by atoms with E-state index in [0.717, 1.165) is 57.6 Å². The predicted molar refractivity (Wildman–Crippen MR) is 132 cm³/mol. The van der Waals surface area contributed by atoms with Gasteiger partial charge >= 0.3 is 0 Å². The van der Waals surface area contributed by atoms with E-state index in [4.69, 9.17) is 24.3 Å². The van der Waals surface area contributed by atoms with Gasteiger partial charge in [0.05, 0.1) is 38.1 Å². The summed E-state index contributed by atoms with van der Waals surface area (Å²) in [5.74, 6) is 2.11. The number of ether oxygens (including phenoxy) is 3. The van der Waals surface area contributed by atoms with Gasteiger partial charge in [-0.25, -0.2) is 4.68 Å². The molecule has 7 nitrogen and oxygen atoms in total. The Hall–Kier alpha value is -4.10. The number of hydrogen-bond acceptors (Lipinski definition) is 6. The smallest absolute Gasteiger partial charge is 0.161 e. The van der Waals surface area contributed by atoms with Crippen molar-refractivity contribution in [1.29, 1.82) is 0 Å². The lowest BCUT2D eigenvalue weighted by atomic mass is 10.1. The van der Waals surface area contributed by atoms with Gasteiger partial charge in [0.15, 0.2) is 11.5 Å². The molecule has 0 radical (unpaired) electrons. The van der Waals surface area contributed by atoms with E-state index in [9.17, 15) is 0 Å². The van der Waals surface area contributed by atoms with Crippen LogP contribution in [0, 0.1) is 0 Å². The van der Waals surface area contributed by atoms with Crippen molar-refractivity contribution in [2.24, 2.45) is 0 Å². The Morgan fingerprint density at radius 3 is 2.47 bits per heavy atom. The average molecular weight is 453 g/mol. The SMILES string of the molecule is COc1ccc2ncc3c(-c4ccc(OC)c(OC)c4)nn(-c4ccc5c(c4)CNC5)c3c2c1. The third-order valence-electron chi connectivity index (χ3n) is 6.44. The summed E-state index contributed by atoms with van der Waals surface area (Å²) in [5.41, 5.74) is 7.25. The van der Waals surface area contributed by atoms with Gasteiger partial charge in [0.2, 0.25) is 0 Å². The number of nitrogens with zero attached hydrogens (tertiary/aromatic N) is 3. The molecule has 0 aliphatic carbocycles. The zero-order valence-electron chi connectivity index (χ0n) is 19.3. The second-order valence-electron chi connectivity index (χ2n) is 8.29. The molecule has 0 saturated heterocycles. The highest BCUT2D eigenvalue weighted by Gasteiger charge is 2.20. The largest absolute Gasteiger partial charge is 0.497 e. The van der Waals surface area contributed by atoms with Crippen LogP contribution in [0.25, 0.3) is 38.8 Å². The number of methoxy groups -OCH3 is 3. The summed E-state index contributed by atoms with van der Waals surface area (Å²) in [6.07, 6.45) is 1.90. The molecule has 7 heteroatoms. The summed E-state index contributed by atoms with van der Waals surface area (Å²) in [7, 11) is 4.95. The van der Waals surface area contributed by atoms with Crippen LogP contribution in [-0.4, -0.2) is 36.1 Å². The number of fused-ring (bicyclic) bond motifs is 4. The van der Waals surface area contributed by atoms with Crippen molar-refractivity contribution in [2.45, 2.75) is 13.1 Å². The fraction of sp³-hybridized carbons (Fsp3) is 0.185. The molecule has 6 rings (SSSR count). The van der Waals surface area contributed by atoms with Gasteiger partial charge in [-0.15, -0.1) is 0 Å². The van der Waals surface area contributed by atoms with Crippen LogP contribution in [0.3, 0.4) is 0 Å². The summed E-state index contributed by atoms with van der Waals surface area (Å²) in [6, 6.07) is 18.3. The molecule has 0 atom stereocenters. The number of hydrogen-bond donors (Lipinski definition) is 1. The zero-order valence-corrected chi connectivity index (χ0v) is 19.3. The van der Waals surface area contributed by atoms with Crippen LogP contribution in [0.5, 0.6) is 17.2 Å². The van der Waals surface area contributed by atoms with Gasteiger partial charge in [-0.05, 0) is 59.7 Å². The first kappa shape index (κ1) is 20.5. The Morgan fingerprint density at radius 1 is 0.794 bits per heavy atom. The predicted octanol–water partition coefficient (Wildman–Crippen LogP) is 4.87. The molecule has 3 heterocycles. The molecular formula is C27H24N4O3. The second-order valence-corrected chi connectivity index (χ2v) is 8.29. The van der Waals surface area contributed by atoms with Crippen LogP contribution in [0.15, 0.2) is 60.8 Å². The molecular weight excluding hydrogens is 428 g/mol. The number of rotatable bonds is 5. The lowest BCUT2D eigenvalue weighted by molar-refractivity contribution is 0.355. The minimum atomic E-state index is 0.654. The Balaban J connectivity index is 1.67. The van der Waals surface area contributed by atoms with Crippen LogP contribution in [-0.2, 0) is 13.1 Å². The Morgan fingerprint density at radius 2 is 1.65 bits per heavy atom. The third-order valence-corrected chi connectivity index (χ3v) is 6.44. The molecule has 34 heavy (non-hydrogen) atoms. The lowest BCUT2D eigenvalue weighted by Gasteiger charge is -2.09. The Kier molecular flexibility index (Phi) is 4.85. The highest BCUT2D eigenvalue weighted by atomic mass is 16.5. The Bertz CT molecular complexity index is 1560. The van der Waals surface area contributed by atoms with Crippen molar-refractivity contribution in [2.75, 3.05) is 21.3 Å². The molecule has 1 aliphatic rings. The van der Waals surface area contributed by atoms with Crippen LogP contribution in [0.2, 0.25) is 0 Å². The van der Waals surface area contributed by atoms with Crippen molar-refractivity contribution in [3.63, 3.8) is 0 Å². The van der Waals surface area contributed by atoms with Crippen LogP contribution >= 0.6 is 0 Å².